The van der Waals surface area contributed by atoms with Gasteiger partial charge in [0.15, 0.2) is 10.8 Å². The summed E-state index contributed by atoms with van der Waals surface area (Å²) in [5, 5.41) is 11.1. The third-order valence-corrected chi connectivity index (χ3v) is 3.49. The van der Waals surface area contributed by atoms with Crippen molar-refractivity contribution in [3.05, 3.63) is 11.1 Å². The number of nitrogens with zero attached hydrogens (tertiary/aromatic N) is 2. The molecule has 5 nitrogen and oxygen atoms in total. The molecule has 16 heavy (non-hydrogen) atoms. The molecule has 2 rings (SSSR count). The van der Waals surface area contributed by atoms with Crippen LogP contribution >= 0.6 is 11.3 Å². The van der Waals surface area contributed by atoms with Crippen LogP contribution in [0.2, 0.25) is 0 Å². The first kappa shape index (κ1) is 11.3. The number of anilines is 1. The van der Waals surface area contributed by atoms with Gasteiger partial charge in [-0.25, -0.2) is 9.78 Å². The Labute approximate surface area is 97.7 Å². The highest BCUT2D eigenvalue weighted by Gasteiger charge is 2.19. The maximum Gasteiger partial charge on any atom is 0.355 e. The third-order valence-electron chi connectivity index (χ3n) is 2.54. The fourth-order valence-electron chi connectivity index (χ4n) is 1.71. The molecule has 2 heterocycles. The highest BCUT2D eigenvalue weighted by molar-refractivity contribution is 7.13. The third kappa shape index (κ3) is 2.51. The van der Waals surface area contributed by atoms with Crippen LogP contribution in [0.25, 0.3) is 0 Å². The Hall–Kier alpha value is -1.14. The fraction of sp³-hybridized carbons (Fsp3) is 0.600. The van der Waals surface area contributed by atoms with Gasteiger partial charge in [0.2, 0.25) is 0 Å². The lowest BCUT2D eigenvalue weighted by Gasteiger charge is -2.19. The predicted molar refractivity (Wildman–Crippen MR) is 61.3 cm³/mol. The summed E-state index contributed by atoms with van der Waals surface area (Å²) >= 11 is 1.35. The van der Waals surface area contributed by atoms with Gasteiger partial charge >= 0.3 is 5.97 Å². The molecule has 1 aromatic rings. The van der Waals surface area contributed by atoms with Crippen LogP contribution in [0.15, 0.2) is 5.38 Å². The van der Waals surface area contributed by atoms with Gasteiger partial charge in [-0.2, -0.15) is 0 Å². The molecular formula is C10H14N2O3S. The number of aromatic carboxylic acids is 1. The highest BCUT2D eigenvalue weighted by atomic mass is 32.1. The SMILES string of the molecule is CN(CC1CCCO1)c1nc(C(=O)O)cs1. The normalized spacial score (nSPS) is 19.9. The van der Waals surface area contributed by atoms with Gasteiger partial charge in [0.25, 0.3) is 0 Å². The topological polar surface area (TPSA) is 62.7 Å². The number of carboxylic acids is 1. The van der Waals surface area contributed by atoms with Gasteiger partial charge in [-0.05, 0) is 12.8 Å². The number of hydrogen-bond donors (Lipinski definition) is 1. The van der Waals surface area contributed by atoms with E-state index in [0.29, 0.717) is 0 Å². The Bertz CT molecular complexity index is 374. The van der Waals surface area contributed by atoms with Gasteiger partial charge in [0.05, 0.1) is 6.10 Å². The molecule has 0 amide bonds. The second-order valence-electron chi connectivity index (χ2n) is 3.84. The van der Waals surface area contributed by atoms with Gasteiger partial charge in [0.1, 0.15) is 0 Å². The fourth-order valence-corrected chi connectivity index (χ4v) is 2.49. The molecule has 0 aliphatic carbocycles. The number of carbonyl (C=O) groups is 1. The average molecular weight is 242 g/mol. The van der Waals surface area contributed by atoms with E-state index in [0.717, 1.165) is 31.1 Å². The molecule has 0 aromatic carbocycles. The molecule has 0 saturated carbocycles. The second-order valence-corrected chi connectivity index (χ2v) is 4.67. The standard InChI is InChI=1S/C10H14N2O3S/c1-12(5-7-3-2-4-15-7)10-11-8(6-16-10)9(13)14/h6-7H,2-5H2,1H3,(H,13,14). The molecule has 1 N–H and O–H groups in total. The monoisotopic (exact) mass is 242 g/mol. The van der Waals surface area contributed by atoms with Crippen LogP contribution in [0.5, 0.6) is 0 Å². The molecule has 1 atom stereocenters. The Kier molecular flexibility index (Phi) is 3.40. The minimum absolute atomic E-state index is 0.110. The summed E-state index contributed by atoms with van der Waals surface area (Å²) in [6.07, 6.45) is 2.43. The smallest absolute Gasteiger partial charge is 0.355 e. The quantitative estimate of drug-likeness (QED) is 0.866. The molecule has 88 valence electrons. The Balaban J connectivity index is 1.96. The van der Waals surface area contributed by atoms with Crippen molar-refractivity contribution >= 4 is 22.4 Å². The van der Waals surface area contributed by atoms with Crippen LogP contribution in [-0.4, -0.2) is 42.4 Å². The van der Waals surface area contributed by atoms with E-state index in [1.807, 2.05) is 11.9 Å². The predicted octanol–water partition coefficient (Wildman–Crippen LogP) is 1.46. The Morgan fingerprint density at radius 2 is 2.62 bits per heavy atom. The summed E-state index contributed by atoms with van der Waals surface area (Å²) in [4.78, 5) is 16.7. The minimum atomic E-state index is -0.979. The number of carboxylic acid groups (broad SMARTS) is 1. The summed E-state index contributed by atoms with van der Waals surface area (Å²) in [6.45, 7) is 1.60. The van der Waals surface area contributed by atoms with Crippen LogP contribution in [0, 0.1) is 0 Å². The lowest BCUT2D eigenvalue weighted by Crippen LogP contribution is -2.28. The number of aromatic nitrogens is 1. The zero-order valence-electron chi connectivity index (χ0n) is 9.05. The van der Waals surface area contributed by atoms with E-state index >= 15 is 0 Å². The average Bonchev–Trinajstić information content (AvgIpc) is 2.86. The first-order chi connectivity index (χ1) is 7.66. The van der Waals surface area contributed by atoms with Gasteiger partial charge < -0.3 is 14.7 Å². The summed E-state index contributed by atoms with van der Waals surface area (Å²) in [7, 11) is 1.91. The first-order valence-electron chi connectivity index (χ1n) is 5.18. The zero-order valence-corrected chi connectivity index (χ0v) is 9.87. The first-order valence-corrected chi connectivity index (χ1v) is 6.06. The van der Waals surface area contributed by atoms with Crippen molar-refractivity contribution in [1.82, 2.24) is 4.98 Å². The summed E-state index contributed by atoms with van der Waals surface area (Å²) in [5.41, 5.74) is 0.110. The Morgan fingerprint density at radius 3 is 3.19 bits per heavy atom. The van der Waals surface area contributed by atoms with Crippen LogP contribution in [0.4, 0.5) is 5.13 Å². The molecule has 0 bridgehead atoms. The van der Waals surface area contributed by atoms with Crippen molar-refractivity contribution in [2.75, 3.05) is 25.1 Å². The highest BCUT2D eigenvalue weighted by Crippen LogP contribution is 2.21. The molecule has 0 radical (unpaired) electrons. The molecule has 6 heteroatoms. The molecule has 1 aromatic heterocycles. The van der Waals surface area contributed by atoms with E-state index in [1.54, 1.807) is 5.38 Å². The lowest BCUT2D eigenvalue weighted by molar-refractivity contribution is 0.0691. The molecule has 1 fully saturated rings. The van der Waals surface area contributed by atoms with E-state index in [1.165, 1.54) is 11.3 Å². The largest absolute Gasteiger partial charge is 0.476 e. The number of thiazole rings is 1. The van der Waals surface area contributed by atoms with Crippen LogP contribution in [0.3, 0.4) is 0 Å². The van der Waals surface area contributed by atoms with E-state index in [4.69, 9.17) is 9.84 Å². The van der Waals surface area contributed by atoms with Gasteiger partial charge in [-0.3, -0.25) is 0 Å². The number of likely N-dealkylation sites (N-methyl/N-ethyl adjacent to an activating group) is 1. The summed E-state index contributed by atoms with van der Waals surface area (Å²) in [5.74, 6) is -0.979. The van der Waals surface area contributed by atoms with Crippen LogP contribution < -0.4 is 4.90 Å². The van der Waals surface area contributed by atoms with Crippen molar-refractivity contribution in [3.8, 4) is 0 Å². The Morgan fingerprint density at radius 1 is 1.81 bits per heavy atom. The van der Waals surface area contributed by atoms with Crippen molar-refractivity contribution in [1.29, 1.82) is 0 Å². The number of ether oxygens (including phenoxy) is 1. The summed E-state index contributed by atoms with van der Waals surface area (Å²) < 4.78 is 5.52. The van der Waals surface area contributed by atoms with Gasteiger partial charge in [0, 0.05) is 25.6 Å². The zero-order chi connectivity index (χ0) is 11.5. The van der Waals surface area contributed by atoms with Crippen LogP contribution in [-0.2, 0) is 4.74 Å². The molecular weight excluding hydrogens is 228 g/mol. The van der Waals surface area contributed by atoms with E-state index in [9.17, 15) is 4.79 Å². The second kappa shape index (κ2) is 4.80. The van der Waals surface area contributed by atoms with Gasteiger partial charge in [-0.1, -0.05) is 0 Å². The van der Waals surface area contributed by atoms with Crippen molar-refractivity contribution in [3.63, 3.8) is 0 Å². The van der Waals surface area contributed by atoms with Crippen molar-refractivity contribution in [2.24, 2.45) is 0 Å². The van der Waals surface area contributed by atoms with E-state index in [-0.39, 0.29) is 11.8 Å². The number of rotatable bonds is 4. The molecule has 1 aliphatic heterocycles. The van der Waals surface area contributed by atoms with Crippen molar-refractivity contribution in [2.45, 2.75) is 18.9 Å². The maximum absolute atomic E-state index is 10.7. The summed E-state index contributed by atoms with van der Waals surface area (Å²) in [6, 6.07) is 0. The van der Waals surface area contributed by atoms with Crippen LogP contribution in [0.1, 0.15) is 23.3 Å². The lowest BCUT2D eigenvalue weighted by atomic mass is 10.2. The molecule has 0 spiro atoms. The van der Waals surface area contributed by atoms with Gasteiger partial charge in [-0.15, -0.1) is 11.3 Å². The molecule has 1 unspecified atom stereocenters. The molecule has 1 aliphatic rings. The molecule has 1 saturated heterocycles. The minimum Gasteiger partial charge on any atom is -0.476 e. The number of hydrogen-bond acceptors (Lipinski definition) is 5. The maximum atomic E-state index is 10.7. The van der Waals surface area contributed by atoms with Crippen molar-refractivity contribution < 1.29 is 14.6 Å². The van der Waals surface area contributed by atoms with E-state index < -0.39 is 5.97 Å². The van der Waals surface area contributed by atoms with E-state index in [2.05, 4.69) is 4.98 Å².